The first-order valence-corrected chi connectivity index (χ1v) is 44.2. The van der Waals surface area contributed by atoms with Crippen LogP contribution in [-0.2, 0) is 28.2 Å². The number of furan rings is 4. The van der Waals surface area contributed by atoms with Crippen LogP contribution >= 0.6 is 0 Å². The number of pyridine rings is 4. The smallest absolute Gasteiger partial charge is 0.237 e. The van der Waals surface area contributed by atoms with E-state index in [1.54, 1.807) is 105 Å². The second kappa shape index (κ2) is 37.1. The third-order valence-electron chi connectivity index (χ3n) is 26.1. The number of nitrogens with zero attached hydrogens (tertiary/aromatic N) is 8. The van der Waals surface area contributed by atoms with Crippen molar-refractivity contribution >= 4 is 111 Å². The first-order valence-electron chi connectivity index (χ1n) is 58.7. The van der Waals surface area contributed by atoms with Crippen molar-refractivity contribution in [3.8, 4) is 89.5 Å². The number of aryl methyl sites for hydroxylation is 4. The highest BCUT2D eigenvalue weighted by atomic mass is 16.3. The summed E-state index contributed by atoms with van der Waals surface area (Å²) in [5, 5.41) is 5.88. The topological polar surface area (TPSA) is 85.5 Å². The highest BCUT2D eigenvalue weighted by Crippen LogP contribution is 2.51. The van der Waals surface area contributed by atoms with Crippen molar-refractivity contribution in [3.05, 3.63) is 378 Å². The summed E-state index contributed by atoms with van der Waals surface area (Å²) in [6.45, 7) is 32.1. The van der Waals surface area contributed by atoms with Crippen LogP contribution in [0.5, 0.6) is 0 Å². The number of hydrogen-bond acceptors (Lipinski definition) is 4. The summed E-state index contributed by atoms with van der Waals surface area (Å²) >= 11 is 0. The summed E-state index contributed by atoms with van der Waals surface area (Å²) in [5.74, 6) is -9.07. The second-order valence-corrected chi connectivity index (χ2v) is 34.5. The lowest BCUT2D eigenvalue weighted by Crippen LogP contribution is -2.37. The van der Waals surface area contributed by atoms with Gasteiger partial charge in [-0.3, -0.25) is 0 Å². The Kier molecular flexibility index (Phi) is 17.1. The maximum absolute atomic E-state index is 9.35. The molecule has 20 aromatic rings. The molecule has 672 valence electrons. The van der Waals surface area contributed by atoms with E-state index in [-0.39, 0.29) is 91.7 Å². The van der Waals surface area contributed by atoms with Gasteiger partial charge in [-0.1, -0.05) is 255 Å². The highest BCUT2D eigenvalue weighted by Gasteiger charge is 2.34. The molecule has 20 rings (SSSR count). The molecular formula is C124H116N8O4+4. The standard InChI is InChI=1S/4C31H29N2O/c1-18(2)24-17-27(33(7)21(5)20(24)4)28-19(3)16-25(22-12-9-8-10-13-22)29-23-14-11-15-26(32-6)30(23)34-31(28)29;1-18(2)25-17-28(33(7)21(5)20(25)4)29-19(3)13-14-24-26-15-23(22-11-9-8-10-12-22)16-27(32-6)30(26)34-31(24)29;1-18(2)25-17-27(33(7)21(5)20(25)4)28-19(3)13-14-24-29-23(22-11-9-8-10-12-22)15-16-26(32-6)31(29)34-30(24)28;1-18(2)27-20(4)17-26(33(7)21(27)5)28-19(3)13-14-24-25-16-15-23(22-11-9-8-10-12-22)29(32-6)31(25)34-30(24)28/h4*8-18H,1-5,7H3/q4*+1/i3*1D3,4D3,17D,18D;1D3,17D,18D. The predicted octanol–water partition coefficient (Wildman–Crippen LogP) is 33.4. The third-order valence-corrected chi connectivity index (χ3v) is 26.1. The van der Waals surface area contributed by atoms with Gasteiger partial charge in [0.25, 0.3) is 0 Å². The summed E-state index contributed by atoms with van der Waals surface area (Å²) < 4.78 is 276. The van der Waals surface area contributed by atoms with Crippen molar-refractivity contribution in [2.45, 2.75) is 162 Å². The Hall–Kier alpha value is -15.6. The van der Waals surface area contributed by atoms with Crippen LogP contribution in [0.1, 0.15) is 208 Å². The number of para-hydroxylation sites is 1. The molecule has 12 heteroatoms. The first-order chi connectivity index (χ1) is 76.8. The van der Waals surface area contributed by atoms with Crippen molar-refractivity contribution in [2.24, 2.45) is 28.2 Å². The van der Waals surface area contributed by atoms with Gasteiger partial charge in [0.05, 0.1) is 54.0 Å². The minimum absolute atomic E-state index is 0.146. The number of hydrogen-bond donors (Lipinski definition) is 0. The Balaban J connectivity index is 0.000000147. The Bertz CT molecular complexity index is 9820. The van der Waals surface area contributed by atoms with E-state index in [2.05, 4.69) is 19.4 Å². The normalized spacial score (nSPS) is 17.0. The molecule has 12 nitrogen and oxygen atoms in total. The van der Waals surface area contributed by atoms with Crippen molar-refractivity contribution in [1.29, 1.82) is 0 Å². The van der Waals surface area contributed by atoms with Gasteiger partial charge in [-0.05, 0) is 186 Å². The van der Waals surface area contributed by atoms with Gasteiger partial charge in [0, 0.05) is 151 Å². The molecule has 8 aromatic heterocycles. The average Bonchev–Trinajstić information content (AvgIpc) is 1.70. The molecule has 0 saturated heterocycles. The van der Waals surface area contributed by atoms with Crippen LogP contribution in [0.15, 0.2) is 260 Å². The lowest BCUT2D eigenvalue weighted by molar-refractivity contribution is -0.667. The van der Waals surface area contributed by atoms with Crippen LogP contribution in [0, 0.1) is 109 Å². The predicted molar refractivity (Wildman–Crippen MR) is 561 cm³/mol. The Morgan fingerprint density at radius 3 is 1.15 bits per heavy atom. The van der Waals surface area contributed by atoms with Crippen LogP contribution in [-0.4, -0.2) is 0 Å². The molecule has 4 unspecified atom stereocenters. The van der Waals surface area contributed by atoms with E-state index in [1.165, 1.54) is 6.92 Å². The molecule has 0 aliphatic carbocycles. The molecule has 8 heterocycles. The molecule has 0 aliphatic heterocycles. The highest BCUT2D eigenvalue weighted by molar-refractivity contribution is 6.21. The van der Waals surface area contributed by atoms with Gasteiger partial charge in [0.1, 0.15) is 72.9 Å². The summed E-state index contributed by atoms with van der Waals surface area (Å²) in [7, 11) is 6.67. The molecule has 0 fully saturated rings. The van der Waals surface area contributed by atoms with Gasteiger partial charge in [0.2, 0.25) is 45.5 Å². The fourth-order valence-corrected chi connectivity index (χ4v) is 18.6. The van der Waals surface area contributed by atoms with Gasteiger partial charge in [-0.2, -0.15) is 18.3 Å². The third kappa shape index (κ3) is 16.0. The first kappa shape index (κ1) is 62.7. The molecule has 0 amide bonds. The minimum Gasteiger partial charge on any atom is -0.466 e. The summed E-state index contributed by atoms with van der Waals surface area (Å²) in [4.78, 5) is 14.9. The zero-order valence-corrected chi connectivity index (χ0v) is 78.5. The quantitative estimate of drug-likeness (QED) is 0.0901. The van der Waals surface area contributed by atoms with Gasteiger partial charge in [-0.15, -0.1) is 0 Å². The minimum atomic E-state index is -2.92. The molecule has 0 saturated carbocycles. The molecule has 12 aromatic carbocycles. The molecule has 0 aliphatic rings. The Labute approximate surface area is 839 Å². The summed E-state index contributed by atoms with van der Waals surface area (Å²) in [6, 6.07) is 67.8. The second-order valence-electron chi connectivity index (χ2n) is 34.5. The lowest BCUT2D eigenvalue weighted by atomic mass is 9.90. The number of aromatic nitrogens is 4. The lowest BCUT2D eigenvalue weighted by Gasteiger charge is -2.16. The van der Waals surface area contributed by atoms with Crippen molar-refractivity contribution < 1.29 is 75.7 Å². The molecule has 0 N–H and O–H groups in total. The van der Waals surface area contributed by atoms with E-state index in [0.29, 0.717) is 156 Å². The monoisotopic (exact) mass is 1810 g/mol. The molecule has 0 radical (unpaired) electrons. The van der Waals surface area contributed by atoms with Crippen molar-refractivity contribution in [2.75, 3.05) is 0 Å². The van der Waals surface area contributed by atoms with Gasteiger partial charge < -0.3 is 17.7 Å². The van der Waals surface area contributed by atoms with Crippen molar-refractivity contribution in [1.82, 2.24) is 0 Å². The van der Waals surface area contributed by atoms with Crippen LogP contribution in [0.25, 0.3) is 197 Å². The molecule has 0 spiro atoms. The molecule has 0 bridgehead atoms. The van der Waals surface area contributed by atoms with Crippen molar-refractivity contribution in [3.63, 3.8) is 0 Å². The molecule has 136 heavy (non-hydrogen) atoms. The zero-order valence-electron chi connectivity index (χ0n) is 107. The van der Waals surface area contributed by atoms with Crippen LogP contribution in [0.3, 0.4) is 0 Å². The van der Waals surface area contributed by atoms with Gasteiger partial charge in [-0.25, -0.2) is 19.4 Å². The van der Waals surface area contributed by atoms with E-state index in [0.717, 1.165) is 87.0 Å². The van der Waals surface area contributed by atoms with E-state index < -0.39 is 71.5 Å². The Morgan fingerprint density at radius 1 is 0.294 bits per heavy atom. The van der Waals surface area contributed by atoms with E-state index in [4.69, 9.17) is 79.6 Å². The van der Waals surface area contributed by atoms with Crippen LogP contribution in [0.4, 0.5) is 22.7 Å². The molecule has 4 atom stereocenters. The maximum atomic E-state index is 9.35. The average molecular weight is 1810 g/mol. The fraction of sp³-hybridized carbons (Fsp3) is 0.226. The zero-order chi connectivity index (χ0) is 121. The number of fused-ring (bicyclic) bond motifs is 12. The van der Waals surface area contributed by atoms with Gasteiger partial charge >= 0.3 is 0 Å². The maximum Gasteiger partial charge on any atom is 0.237 e. The van der Waals surface area contributed by atoms with Crippen LogP contribution < -0.4 is 18.3 Å². The SMILES string of the molecule is [2H]c1c(C([2H])(C)C([2H])([2H])[2H])c(C([2H])([2H])[2H])c(C)[n+](C)c1-c1c(C)cc(-c2ccccc2)c2c1oc1c([N+]#[C-])cccc12.[2H]c1c(C([2H])(C)C([2H])([2H])[2H])c(C([2H])([2H])[2H])c(C)[n+](C)c1-c1c(C)ccc2c1oc1c([N+]#[C-])cc(-c3ccccc3)cc12.[2H]c1c(C([2H])(C)C([2H])([2H])[2H])c(C([2H])([2H])[2H])c(C)[n+](C)c1-c1c(C)ccc2c1oc1c([N+]#[C-])ccc(-c3ccccc3)c12.[2H]c1c(C)c(C([2H])(C)C([2H])([2H])[2H])c(C)[n+](C)c1-c1c(C)ccc2c1oc1c([N+]#[C-])c(-c3ccccc3)ccc12. The largest absolute Gasteiger partial charge is 0.466 e. The van der Waals surface area contributed by atoms with E-state index >= 15 is 0 Å². The van der Waals surface area contributed by atoms with E-state index in [9.17, 15) is 4.11 Å². The van der Waals surface area contributed by atoms with E-state index in [1.807, 2.05) is 222 Å². The fourth-order valence-electron chi connectivity index (χ4n) is 18.6. The number of benzene rings is 12. The Morgan fingerprint density at radius 2 is 0.669 bits per heavy atom. The number of rotatable bonds is 12. The summed E-state index contributed by atoms with van der Waals surface area (Å²) in [5.41, 5.74) is 18.1. The van der Waals surface area contributed by atoms with Gasteiger partial charge in [0.15, 0.2) is 22.8 Å². The van der Waals surface area contributed by atoms with Crippen LogP contribution in [0.2, 0.25) is 0 Å². The molecular weight excluding hydrogens is 1670 g/mol. The summed E-state index contributed by atoms with van der Waals surface area (Å²) in [6.07, 6.45) is 0.